The minimum Gasteiger partial charge on any atom is -0.481 e. The first-order valence-electron chi connectivity index (χ1n) is 14.5. The highest BCUT2D eigenvalue weighted by Gasteiger charge is 2.61. The number of benzene rings is 1. The first-order chi connectivity index (χ1) is 21.6. The smallest absolute Gasteiger partial charge is 0.402 e. The van der Waals surface area contributed by atoms with Crippen LogP contribution in [-0.2, 0) is 25.5 Å². The van der Waals surface area contributed by atoms with Crippen LogP contribution in [0.3, 0.4) is 0 Å². The van der Waals surface area contributed by atoms with Gasteiger partial charge in [-0.1, -0.05) is 51.1 Å². The monoisotopic (exact) mass is 696 g/mol. The van der Waals surface area contributed by atoms with Gasteiger partial charge in [0.25, 0.3) is 5.91 Å². The highest BCUT2D eigenvalue weighted by molar-refractivity contribution is 7.09. The van der Waals surface area contributed by atoms with E-state index < -0.39 is 78.1 Å². The number of amides is 2. The van der Waals surface area contributed by atoms with Crippen molar-refractivity contribution in [2.45, 2.75) is 83.5 Å². The quantitative estimate of drug-likeness (QED) is 0.171. The second-order valence-electron chi connectivity index (χ2n) is 11.6. The van der Waals surface area contributed by atoms with Crippen LogP contribution < -0.4 is 11.1 Å². The van der Waals surface area contributed by atoms with Gasteiger partial charge in [0.05, 0.1) is 5.92 Å². The highest BCUT2D eigenvalue weighted by Crippen LogP contribution is 2.41. The van der Waals surface area contributed by atoms with E-state index in [0.29, 0.717) is 11.3 Å². The first-order valence-corrected chi connectivity index (χ1v) is 15.4. The van der Waals surface area contributed by atoms with E-state index in [1.165, 1.54) is 12.3 Å². The summed E-state index contributed by atoms with van der Waals surface area (Å²) in [7, 11) is 1.01. The van der Waals surface area contributed by atoms with E-state index in [1.54, 1.807) is 32.0 Å². The van der Waals surface area contributed by atoms with Crippen LogP contribution in [0.1, 0.15) is 67.7 Å². The van der Waals surface area contributed by atoms with Gasteiger partial charge < -0.3 is 25.8 Å². The lowest BCUT2D eigenvalue weighted by molar-refractivity contribution is -0.288. The Kier molecular flexibility index (Phi) is 13.8. The van der Waals surface area contributed by atoms with Crippen molar-refractivity contribution in [3.05, 3.63) is 52.0 Å². The number of alkyl halides is 6. The van der Waals surface area contributed by atoms with Crippen LogP contribution in [0.15, 0.2) is 35.7 Å². The topological polar surface area (TPSA) is 152 Å². The molecule has 10 nitrogen and oxygen atoms in total. The molecule has 0 aliphatic rings. The van der Waals surface area contributed by atoms with Gasteiger partial charge in [-0.15, -0.1) is 11.3 Å². The summed E-state index contributed by atoms with van der Waals surface area (Å²) in [6.45, 7) is 5.69. The van der Waals surface area contributed by atoms with Crippen molar-refractivity contribution in [1.29, 1.82) is 0 Å². The summed E-state index contributed by atoms with van der Waals surface area (Å²) in [5, 5.41) is 13.6. The summed E-state index contributed by atoms with van der Waals surface area (Å²) in [5.41, 5.74) is 6.01. The molecule has 0 saturated carbocycles. The molecule has 0 aliphatic carbocycles. The second-order valence-corrected chi connectivity index (χ2v) is 12.5. The van der Waals surface area contributed by atoms with Gasteiger partial charge in [0, 0.05) is 37.9 Å². The number of carbonyl (C=O) groups is 4. The van der Waals surface area contributed by atoms with Crippen LogP contribution in [0.2, 0.25) is 0 Å². The minimum atomic E-state index is -5.84. The fraction of sp³-hybridized carbons (Fsp3) is 0.567. The number of thiazole rings is 1. The van der Waals surface area contributed by atoms with E-state index in [1.807, 2.05) is 12.1 Å². The van der Waals surface area contributed by atoms with Gasteiger partial charge in [-0.2, -0.15) is 26.3 Å². The van der Waals surface area contributed by atoms with E-state index in [0.717, 1.165) is 30.9 Å². The Balaban J connectivity index is 2.33. The van der Waals surface area contributed by atoms with Crippen LogP contribution in [0.5, 0.6) is 0 Å². The van der Waals surface area contributed by atoms with Crippen LogP contribution in [0.25, 0.3) is 0 Å². The number of halogens is 6. The lowest BCUT2D eigenvalue weighted by atomic mass is 9.93. The largest absolute Gasteiger partial charge is 0.481 e. The number of rotatable bonds is 15. The average molecular weight is 697 g/mol. The number of likely N-dealkylation sites (N-methyl/N-ethyl adjacent to an activating group) is 1. The lowest BCUT2D eigenvalue weighted by Gasteiger charge is -2.36. The molecule has 0 fully saturated rings. The minimum absolute atomic E-state index is 0.0723. The summed E-state index contributed by atoms with van der Waals surface area (Å²) < 4.78 is 85.1. The number of hydrogen-bond donors (Lipinski definition) is 3. The summed E-state index contributed by atoms with van der Waals surface area (Å²) in [4.78, 5) is 54.5. The third-order valence-corrected chi connectivity index (χ3v) is 8.41. The van der Waals surface area contributed by atoms with Crippen molar-refractivity contribution in [2.24, 2.45) is 23.5 Å². The number of ether oxygens (including phenoxy) is 1. The van der Waals surface area contributed by atoms with Crippen molar-refractivity contribution in [3.8, 4) is 0 Å². The van der Waals surface area contributed by atoms with Gasteiger partial charge in [0.15, 0.2) is 12.0 Å². The molecular formula is C30H38F6N4O6S. The zero-order valence-electron chi connectivity index (χ0n) is 26.3. The number of aromatic nitrogens is 1. The molecule has 2 aromatic rings. The first kappa shape index (κ1) is 39.4. The molecule has 0 spiro atoms. The summed E-state index contributed by atoms with van der Waals surface area (Å²) in [6.07, 6.45) is -12.8. The maximum atomic E-state index is 13.3. The Hall–Kier alpha value is -3.73. The number of hydrogen-bond acceptors (Lipinski definition) is 8. The van der Waals surface area contributed by atoms with Crippen molar-refractivity contribution in [2.75, 3.05) is 7.05 Å². The number of aliphatic carboxylic acids is 1. The predicted octanol–water partition coefficient (Wildman–Crippen LogP) is 5.14. The van der Waals surface area contributed by atoms with Crippen molar-refractivity contribution >= 4 is 35.1 Å². The molecule has 5 unspecified atom stereocenters. The molecular weight excluding hydrogens is 658 g/mol. The third kappa shape index (κ3) is 11.5. The molecule has 1 heterocycles. The van der Waals surface area contributed by atoms with Crippen LogP contribution in [-0.4, -0.2) is 76.3 Å². The lowest BCUT2D eigenvalue weighted by Crippen LogP contribution is -2.58. The molecule has 2 amide bonds. The summed E-state index contributed by atoms with van der Waals surface area (Å²) in [5.74, 6) is -9.58. The summed E-state index contributed by atoms with van der Waals surface area (Å²) in [6, 6.07) is 4.38. The molecule has 47 heavy (non-hydrogen) atoms. The zero-order valence-corrected chi connectivity index (χ0v) is 27.1. The average Bonchev–Trinajstić information content (AvgIpc) is 3.43. The Morgan fingerprint density at radius 1 is 1.02 bits per heavy atom. The van der Waals surface area contributed by atoms with Gasteiger partial charge in [-0.05, 0) is 24.3 Å². The molecule has 17 heteroatoms. The van der Waals surface area contributed by atoms with Crippen LogP contribution >= 0.6 is 11.3 Å². The van der Waals surface area contributed by atoms with E-state index in [-0.39, 0.29) is 23.5 Å². The normalized spacial score (nSPS) is 15.4. The Morgan fingerprint density at radius 3 is 2.09 bits per heavy atom. The van der Waals surface area contributed by atoms with Gasteiger partial charge in [0.2, 0.25) is 5.91 Å². The Morgan fingerprint density at radius 2 is 1.60 bits per heavy atom. The fourth-order valence-electron chi connectivity index (χ4n) is 5.05. The number of carboxylic acid groups (broad SMARTS) is 1. The second kappa shape index (κ2) is 16.4. The molecule has 5 atom stereocenters. The van der Waals surface area contributed by atoms with E-state index in [9.17, 15) is 50.6 Å². The van der Waals surface area contributed by atoms with E-state index in [2.05, 4.69) is 10.3 Å². The summed E-state index contributed by atoms with van der Waals surface area (Å²) >= 11 is 0.901. The molecule has 0 aliphatic heterocycles. The standard InChI is InChI=1S/C30H38F6N4O6S/c1-15(2)21(40(5)27(43)23(37)24(29(31,32)33)30(34,35)36)13-22(46-17(4)41)26-39-20(14-47-26)25(42)38-19(11-16(3)28(44)45)12-18-9-7-6-8-10-18/h6-10,14-16,19,21-24H,11-13,37H2,1-5H3,(H,38,42)(H,44,45). The number of carboxylic acids is 1. The number of nitrogens with one attached hydrogen (secondary N) is 1. The van der Waals surface area contributed by atoms with Gasteiger partial charge in [-0.25, -0.2) is 4.98 Å². The van der Waals surface area contributed by atoms with Gasteiger partial charge in [-0.3, -0.25) is 19.2 Å². The van der Waals surface area contributed by atoms with Crippen LogP contribution in [0.4, 0.5) is 26.3 Å². The Bertz CT molecular complexity index is 1360. The van der Waals surface area contributed by atoms with E-state index in [4.69, 9.17) is 10.5 Å². The fourth-order valence-corrected chi connectivity index (χ4v) is 5.89. The molecule has 262 valence electrons. The zero-order chi connectivity index (χ0) is 35.9. The molecule has 1 aromatic heterocycles. The Labute approximate surface area is 271 Å². The molecule has 4 N–H and O–H groups in total. The van der Waals surface area contributed by atoms with Crippen molar-refractivity contribution in [3.63, 3.8) is 0 Å². The molecule has 1 aromatic carbocycles. The van der Waals surface area contributed by atoms with Crippen molar-refractivity contribution in [1.82, 2.24) is 15.2 Å². The number of nitrogens with two attached hydrogens (primary N) is 1. The predicted molar refractivity (Wildman–Crippen MR) is 159 cm³/mol. The molecule has 2 rings (SSSR count). The van der Waals surface area contributed by atoms with Gasteiger partial charge in [0.1, 0.15) is 16.7 Å². The third-order valence-electron chi connectivity index (χ3n) is 7.48. The number of nitrogens with zero attached hydrogens (tertiary/aromatic N) is 2. The molecule has 0 saturated heterocycles. The SMILES string of the molecule is CC(=O)OC(CC(C(C)C)N(C)C(=O)C(N)C(C(F)(F)F)C(F)(F)F)c1nc(C(=O)NC(Cc2ccccc2)CC(C)C(=O)O)cs1. The highest BCUT2D eigenvalue weighted by atomic mass is 32.1. The maximum Gasteiger partial charge on any atom is 0.402 e. The van der Waals surface area contributed by atoms with Crippen LogP contribution in [0, 0.1) is 17.8 Å². The molecule has 0 bridgehead atoms. The van der Waals surface area contributed by atoms with Gasteiger partial charge >= 0.3 is 24.3 Å². The van der Waals surface area contributed by atoms with Crippen molar-refractivity contribution < 1.29 is 55.4 Å². The number of carbonyl (C=O) groups excluding carboxylic acids is 3. The molecule has 0 radical (unpaired) electrons. The maximum absolute atomic E-state index is 13.3. The number of esters is 1. The van der Waals surface area contributed by atoms with E-state index >= 15 is 0 Å².